The molecule has 5 rings (SSSR count). The Bertz CT molecular complexity index is 1520. The molecule has 2 N–H and O–H groups in total. The molecule has 0 amide bonds. The number of likely N-dealkylation sites (N-methyl/N-ethyl adjacent to an activating group) is 1. The number of phosphoric ester groups is 1. The van der Waals surface area contributed by atoms with Gasteiger partial charge in [0.15, 0.2) is 0 Å². The van der Waals surface area contributed by atoms with Gasteiger partial charge < -0.3 is 28.9 Å². The number of hydrogen-bond acceptors (Lipinski definition) is 6. The Morgan fingerprint density at radius 1 is 0.711 bits per heavy atom. The Morgan fingerprint density at radius 3 is 1.62 bits per heavy atom. The summed E-state index contributed by atoms with van der Waals surface area (Å²) >= 11 is 0. The lowest BCUT2D eigenvalue weighted by atomic mass is 9.71. The average molecular weight is 632 g/mol. The Hall–Kier alpha value is -3.17. The van der Waals surface area contributed by atoms with Crippen LogP contribution in [0, 0.1) is 0 Å². The van der Waals surface area contributed by atoms with Crippen molar-refractivity contribution in [3.8, 4) is 0 Å². The van der Waals surface area contributed by atoms with Gasteiger partial charge >= 0.3 is 7.82 Å². The van der Waals surface area contributed by atoms with E-state index in [0.29, 0.717) is 6.61 Å². The van der Waals surface area contributed by atoms with Crippen molar-refractivity contribution < 1.29 is 33.1 Å². The van der Waals surface area contributed by atoms with E-state index in [1.54, 1.807) is 0 Å². The van der Waals surface area contributed by atoms with E-state index in [1.165, 1.54) is 0 Å². The second-order valence-electron chi connectivity index (χ2n) is 11.8. The van der Waals surface area contributed by atoms with Crippen molar-refractivity contribution in [3.63, 3.8) is 0 Å². The molecule has 45 heavy (non-hydrogen) atoms. The van der Waals surface area contributed by atoms with Crippen LogP contribution in [0.15, 0.2) is 121 Å². The lowest BCUT2D eigenvalue weighted by molar-refractivity contribution is -0.380. The van der Waals surface area contributed by atoms with Crippen LogP contribution in [0.2, 0.25) is 0 Å². The second kappa shape index (κ2) is 14.5. The number of ether oxygens (including phenoxy) is 3. The molecule has 4 aromatic carbocycles. The number of phosphoric acid groups is 1. The molecule has 0 aromatic heterocycles. The van der Waals surface area contributed by atoms with Crippen LogP contribution in [0.5, 0.6) is 0 Å². The SMILES string of the molecule is C[C@H]1O[C@](Cc2ccccc2)(OP(=O)(O)O)[C@](Cc2ccccc2)(OCc2ccccc2)[C@@H](N(C)C)[C@@H]1OCc1ccccc1. The van der Waals surface area contributed by atoms with Gasteiger partial charge in [0.1, 0.15) is 11.7 Å². The zero-order chi connectivity index (χ0) is 31.9. The third-order valence-electron chi connectivity index (χ3n) is 8.31. The fourth-order valence-corrected chi connectivity index (χ4v) is 7.12. The third kappa shape index (κ3) is 7.98. The van der Waals surface area contributed by atoms with Gasteiger partial charge in [-0.3, -0.25) is 4.52 Å². The number of nitrogens with zero attached hydrogens (tertiary/aromatic N) is 1. The van der Waals surface area contributed by atoms with Gasteiger partial charge in [-0.25, -0.2) is 4.57 Å². The summed E-state index contributed by atoms with van der Waals surface area (Å²) in [5.74, 6) is -1.93. The minimum atomic E-state index is -5.15. The molecule has 1 fully saturated rings. The Balaban J connectivity index is 1.72. The van der Waals surface area contributed by atoms with Crippen molar-refractivity contribution in [2.24, 2.45) is 0 Å². The van der Waals surface area contributed by atoms with E-state index in [-0.39, 0.29) is 19.4 Å². The van der Waals surface area contributed by atoms with Gasteiger partial charge in [-0.1, -0.05) is 121 Å². The highest BCUT2D eigenvalue weighted by molar-refractivity contribution is 7.46. The first-order chi connectivity index (χ1) is 21.6. The van der Waals surface area contributed by atoms with Crippen molar-refractivity contribution in [2.75, 3.05) is 14.1 Å². The van der Waals surface area contributed by atoms with Gasteiger partial charge in [-0.05, 0) is 43.3 Å². The van der Waals surface area contributed by atoms with Crippen molar-refractivity contribution >= 4 is 7.82 Å². The topological polar surface area (TPSA) is 97.7 Å². The average Bonchev–Trinajstić information content (AvgIpc) is 3.02. The Kier molecular flexibility index (Phi) is 10.7. The van der Waals surface area contributed by atoms with E-state index in [2.05, 4.69) is 0 Å². The predicted octanol–water partition coefficient (Wildman–Crippen LogP) is 6.17. The zero-order valence-corrected chi connectivity index (χ0v) is 26.8. The van der Waals surface area contributed by atoms with Crippen LogP contribution in [-0.2, 0) is 49.4 Å². The molecule has 0 spiro atoms. The maximum atomic E-state index is 13.0. The van der Waals surface area contributed by atoms with Gasteiger partial charge in [-0.15, -0.1) is 0 Å². The summed E-state index contributed by atoms with van der Waals surface area (Å²) in [4.78, 5) is 23.1. The molecule has 0 bridgehead atoms. The van der Waals surface area contributed by atoms with Crippen LogP contribution in [0.3, 0.4) is 0 Å². The first-order valence-corrected chi connectivity index (χ1v) is 16.7. The molecule has 1 aliphatic rings. The second-order valence-corrected chi connectivity index (χ2v) is 13.0. The molecule has 0 saturated carbocycles. The summed E-state index contributed by atoms with van der Waals surface area (Å²) in [6.07, 6.45) is -0.973. The maximum Gasteiger partial charge on any atom is 0.472 e. The van der Waals surface area contributed by atoms with E-state index in [1.807, 2.05) is 147 Å². The van der Waals surface area contributed by atoms with Gasteiger partial charge in [0.2, 0.25) is 5.79 Å². The summed E-state index contributed by atoms with van der Waals surface area (Å²) in [6, 6.07) is 38.2. The van der Waals surface area contributed by atoms with Crippen LogP contribution in [-0.4, -0.2) is 58.4 Å². The van der Waals surface area contributed by atoms with E-state index in [4.69, 9.17) is 18.7 Å². The minimum absolute atomic E-state index is 0.0145. The van der Waals surface area contributed by atoms with Crippen molar-refractivity contribution in [3.05, 3.63) is 144 Å². The van der Waals surface area contributed by atoms with E-state index < -0.39 is 37.5 Å². The first-order valence-electron chi connectivity index (χ1n) is 15.1. The van der Waals surface area contributed by atoms with Crippen LogP contribution in [0.25, 0.3) is 0 Å². The molecule has 8 nitrogen and oxygen atoms in total. The maximum absolute atomic E-state index is 13.0. The molecule has 1 saturated heterocycles. The summed E-state index contributed by atoms with van der Waals surface area (Å²) in [5, 5.41) is 0. The normalized spacial score (nSPS) is 25.3. The van der Waals surface area contributed by atoms with Crippen molar-refractivity contribution in [1.82, 2.24) is 4.90 Å². The number of hydrogen-bond donors (Lipinski definition) is 2. The standard InChI is InChI=1S/C36H42NO7P/c1-28-33(41-26-31-20-12-6-13-21-31)34(37(2)3)35(24-29-16-8-4-9-17-29,42-27-32-22-14-7-15-23-32)36(43-28,44-45(38,39)40)25-30-18-10-5-11-19-30/h4-23,28,33-34H,24-27H2,1-3H3,(H2,38,39,40)/t28-,33-,34+,35-,36-/m1/s1. The highest BCUT2D eigenvalue weighted by Gasteiger charge is 2.68. The van der Waals surface area contributed by atoms with Crippen LogP contribution < -0.4 is 0 Å². The molecule has 9 heteroatoms. The monoisotopic (exact) mass is 631 g/mol. The third-order valence-corrected chi connectivity index (χ3v) is 8.84. The molecule has 4 aromatic rings. The molecule has 0 radical (unpaired) electrons. The lowest BCUT2D eigenvalue weighted by Gasteiger charge is -2.60. The minimum Gasteiger partial charge on any atom is -0.369 e. The van der Waals surface area contributed by atoms with E-state index >= 15 is 0 Å². The Morgan fingerprint density at radius 2 is 1.16 bits per heavy atom. The molecule has 0 unspecified atom stereocenters. The zero-order valence-electron chi connectivity index (χ0n) is 25.9. The Labute approximate surface area is 265 Å². The molecule has 0 aliphatic carbocycles. The van der Waals surface area contributed by atoms with Crippen LogP contribution >= 0.6 is 7.82 Å². The van der Waals surface area contributed by atoms with Gasteiger partial charge in [0.25, 0.3) is 0 Å². The molecular weight excluding hydrogens is 589 g/mol. The summed E-state index contributed by atoms with van der Waals surface area (Å²) in [6.45, 7) is 2.31. The van der Waals surface area contributed by atoms with Crippen molar-refractivity contribution in [1.29, 1.82) is 0 Å². The summed E-state index contributed by atoms with van der Waals surface area (Å²) < 4.78 is 39.5. The fraction of sp³-hybridized carbons (Fsp3) is 0.333. The largest absolute Gasteiger partial charge is 0.472 e. The van der Waals surface area contributed by atoms with Gasteiger partial charge in [0.05, 0.1) is 25.4 Å². The predicted molar refractivity (Wildman–Crippen MR) is 173 cm³/mol. The fourth-order valence-electron chi connectivity index (χ4n) is 6.47. The molecule has 1 heterocycles. The number of benzene rings is 4. The van der Waals surface area contributed by atoms with Gasteiger partial charge in [-0.2, -0.15) is 0 Å². The highest BCUT2D eigenvalue weighted by Crippen LogP contribution is 2.55. The number of rotatable bonds is 13. The summed E-state index contributed by atoms with van der Waals surface area (Å²) in [5.41, 5.74) is 2.07. The molecule has 238 valence electrons. The molecule has 5 atom stereocenters. The van der Waals surface area contributed by atoms with Crippen LogP contribution in [0.1, 0.15) is 29.2 Å². The smallest absolute Gasteiger partial charge is 0.369 e. The van der Waals surface area contributed by atoms with Crippen molar-refractivity contribution in [2.45, 2.75) is 62.6 Å². The molecule has 1 aliphatic heterocycles. The molecular formula is C36H42NO7P. The van der Waals surface area contributed by atoms with Gasteiger partial charge in [0, 0.05) is 12.8 Å². The highest BCUT2D eigenvalue weighted by atomic mass is 31.2. The summed E-state index contributed by atoms with van der Waals surface area (Å²) in [7, 11) is -1.29. The quantitative estimate of drug-likeness (QED) is 0.169. The van der Waals surface area contributed by atoms with E-state index in [9.17, 15) is 14.4 Å². The first kappa shape index (κ1) is 33.2. The van der Waals surface area contributed by atoms with Crippen LogP contribution in [0.4, 0.5) is 0 Å². The van der Waals surface area contributed by atoms with E-state index in [0.717, 1.165) is 22.3 Å². The lowest BCUT2D eigenvalue weighted by Crippen LogP contribution is -2.78.